The van der Waals surface area contributed by atoms with Gasteiger partial charge in [-0.2, -0.15) is 0 Å². The summed E-state index contributed by atoms with van der Waals surface area (Å²) in [5.74, 6) is -0.467. The van der Waals surface area contributed by atoms with E-state index in [1.54, 1.807) is 24.3 Å². The number of hydrogen-bond donors (Lipinski definition) is 2. The van der Waals surface area contributed by atoms with Crippen molar-refractivity contribution >= 4 is 29.1 Å². The predicted molar refractivity (Wildman–Crippen MR) is 72.5 cm³/mol. The second kappa shape index (κ2) is 6.40. The van der Waals surface area contributed by atoms with E-state index in [9.17, 15) is 9.59 Å². The van der Waals surface area contributed by atoms with E-state index in [1.807, 2.05) is 13.8 Å². The fourth-order valence-corrected chi connectivity index (χ4v) is 1.73. The molecule has 0 fully saturated rings. The highest BCUT2D eigenvalue weighted by Gasteiger charge is 2.22. The summed E-state index contributed by atoms with van der Waals surface area (Å²) in [5.41, 5.74) is 0.614. The number of anilines is 1. The molecular weight excluding hydrogens is 252 g/mol. The predicted octanol–water partition coefficient (Wildman–Crippen LogP) is 2.44. The summed E-state index contributed by atoms with van der Waals surface area (Å²) in [7, 11) is 0. The molecule has 0 aliphatic rings. The van der Waals surface area contributed by atoms with Gasteiger partial charge in [0.15, 0.2) is 0 Å². The first-order valence-electron chi connectivity index (χ1n) is 5.73. The van der Waals surface area contributed by atoms with E-state index in [0.717, 1.165) is 0 Å². The minimum atomic E-state index is -0.554. The van der Waals surface area contributed by atoms with E-state index < -0.39 is 6.04 Å². The first kappa shape index (κ1) is 14.5. The van der Waals surface area contributed by atoms with Gasteiger partial charge < -0.3 is 10.6 Å². The lowest BCUT2D eigenvalue weighted by Gasteiger charge is -2.20. The number of amides is 2. The van der Waals surface area contributed by atoms with E-state index >= 15 is 0 Å². The Bertz CT molecular complexity index is 446. The Morgan fingerprint density at radius 2 is 1.94 bits per heavy atom. The SMILES string of the molecule is CC(=O)N[C@H](C(=O)Nc1cccc(Cl)c1)C(C)C. The molecule has 98 valence electrons. The molecule has 0 heterocycles. The molecule has 0 aromatic heterocycles. The van der Waals surface area contributed by atoms with Crippen LogP contribution in [-0.4, -0.2) is 17.9 Å². The fourth-order valence-electron chi connectivity index (χ4n) is 1.54. The van der Waals surface area contributed by atoms with Crippen LogP contribution < -0.4 is 10.6 Å². The molecule has 0 aliphatic carbocycles. The van der Waals surface area contributed by atoms with Crippen molar-refractivity contribution in [3.63, 3.8) is 0 Å². The zero-order valence-corrected chi connectivity index (χ0v) is 11.4. The normalized spacial score (nSPS) is 12.1. The average Bonchev–Trinajstić information content (AvgIpc) is 2.25. The molecule has 0 radical (unpaired) electrons. The minimum Gasteiger partial charge on any atom is -0.344 e. The largest absolute Gasteiger partial charge is 0.344 e. The lowest BCUT2D eigenvalue weighted by atomic mass is 10.0. The van der Waals surface area contributed by atoms with Crippen LogP contribution in [0.25, 0.3) is 0 Å². The maximum absolute atomic E-state index is 12.0. The average molecular weight is 269 g/mol. The Hall–Kier alpha value is -1.55. The molecule has 5 heteroatoms. The highest BCUT2D eigenvalue weighted by molar-refractivity contribution is 6.30. The van der Waals surface area contributed by atoms with Gasteiger partial charge in [0.25, 0.3) is 0 Å². The third kappa shape index (κ3) is 4.37. The van der Waals surface area contributed by atoms with Crippen molar-refractivity contribution in [3.8, 4) is 0 Å². The Balaban J connectivity index is 2.75. The molecule has 0 bridgehead atoms. The molecule has 1 atom stereocenters. The highest BCUT2D eigenvalue weighted by atomic mass is 35.5. The van der Waals surface area contributed by atoms with Gasteiger partial charge in [0.2, 0.25) is 11.8 Å². The molecular formula is C13H17ClN2O2. The van der Waals surface area contributed by atoms with Crippen LogP contribution in [0.3, 0.4) is 0 Å². The fraction of sp³-hybridized carbons (Fsp3) is 0.385. The van der Waals surface area contributed by atoms with Gasteiger partial charge in [0.1, 0.15) is 6.04 Å². The second-order valence-electron chi connectivity index (χ2n) is 4.42. The van der Waals surface area contributed by atoms with Crippen molar-refractivity contribution < 1.29 is 9.59 Å². The van der Waals surface area contributed by atoms with Gasteiger partial charge in [-0.3, -0.25) is 9.59 Å². The molecule has 0 unspecified atom stereocenters. The van der Waals surface area contributed by atoms with Crippen molar-refractivity contribution in [3.05, 3.63) is 29.3 Å². The number of benzene rings is 1. The Labute approximate surface area is 112 Å². The van der Waals surface area contributed by atoms with Crippen LogP contribution in [0.1, 0.15) is 20.8 Å². The Morgan fingerprint density at radius 3 is 2.44 bits per heavy atom. The van der Waals surface area contributed by atoms with Crippen molar-refractivity contribution in [2.75, 3.05) is 5.32 Å². The number of carbonyl (C=O) groups is 2. The number of halogens is 1. The topological polar surface area (TPSA) is 58.2 Å². The van der Waals surface area contributed by atoms with Crippen molar-refractivity contribution in [1.82, 2.24) is 5.32 Å². The van der Waals surface area contributed by atoms with E-state index in [1.165, 1.54) is 6.92 Å². The smallest absolute Gasteiger partial charge is 0.247 e. The lowest BCUT2D eigenvalue weighted by molar-refractivity contribution is -0.126. The molecule has 1 aromatic rings. The highest BCUT2D eigenvalue weighted by Crippen LogP contribution is 2.15. The van der Waals surface area contributed by atoms with Crippen LogP contribution in [-0.2, 0) is 9.59 Å². The molecule has 0 saturated heterocycles. The van der Waals surface area contributed by atoms with Gasteiger partial charge >= 0.3 is 0 Å². The van der Waals surface area contributed by atoms with Gasteiger partial charge in [-0.25, -0.2) is 0 Å². The number of carbonyl (C=O) groups excluding carboxylic acids is 2. The van der Waals surface area contributed by atoms with Crippen LogP contribution >= 0.6 is 11.6 Å². The summed E-state index contributed by atoms with van der Waals surface area (Å²) in [6.07, 6.45) is 0. The molecule has 18 heavy (non-hydrogen) atoms. The molecule has 0 aliphatic heterocycles. The molecule has 2 N–H and O–H groups in total. The van der Waals surface area contributed by atoms with Crippen molar-refractivity contribution in [2.45, 2.75) is 26.8 Å². The minimum absolute atomic E-state index is 0.00749. The molecule has 4 nitrogen and oxygen atoms in total. The number of rotatable bonds is 4. The maximum Gasteiger partial charge on any atom is 0.247 e. The van der Waals surface area contributed by atoms with Gasteiger partial charge in [-0.1, -0.05) is 31.5 Å². The van der Waals surface area contributed by atoms with Crippen LogP contribution in [0, 0.1) is 5.92 Å². The molecule has 2 amide bonds. The first-order chi connectivity index (χ1) is 8.40. The van der Waals surface area contributed by atoms with Crippen molar-refractivity contribution in [1.29, 1.82) is 0 Å². The van der Waals surface area contributed by atoms with Crippen LogP contribution in [0.2, 0.25) is 5.02 Å². The summed E-state index contributed by atoms with van der Waals surface area (Å²) >= 11 is 5.83. The van der Waals surface area contributed by atoms with E-state index in [2.05, 4.69) is 10.6 Å². The quantitative estimate of drug-likeness (QED) is 0.881. The molecule has 1 aromatic carbocycles. The standard InChI is InChI=1S/C13H17ClN2O2/c1-8(2)12(15-9(3)17)13(18)16-11-6-4-5-10(14)7-11/h4-8,12H,1-3H3,(H,15,17)(H,16,18)/t12-/m0/s1. The summed E-state index contributed by atoms with van der Waals surface area (Å²) in [6.45, 7) is 5.14. The maximum atomic E-state index is 12.0. The Morgan fingerprint density at radius 1 is 1.28 bits per heavy atom. The zero-order valence-electron chi connectivity index (χ0n) is 10.7. The van der Waals surface area contributed by atoms with E-state index in [-0.39, 0.29) is 17.7 Å². The molecule has 0 saturated carbocycles. The van der Waals surface area contributed by atoms with E-state index in [4.69, 9.17) is 11.6 Å². The van der Waals surface area contributed by atoms with E-state index in [0.29, 0.717) is 10.7 Å². The van der Waals surface area contributed by atoms with Gasteiger partial charge in [0, 0.05) is 17.6 Å². The van der Waals surface area contributed by atoms with Gasteiger partial charge in [-0.15, -0.1) is 0 Å². The number of hydrogen-bond acceptors (Lipinski definition) is 2. The van der Waals surface area contributed by atoms with Gasteiger partial charge in [0.05, 0.1) is 0 Å². The summed E-state index contributed by atoms with van der Waals surface area (Å²) < 4.78 is 0. The molecule has 0 spiro atoms. The summed E-state index contributed by atoms with van der Waals surface area (Å²) in [4.78, 5) is 23.1. The van der Waals surface area contributed by atoms with Crippen LogP contribution in [0.5, 0.6) is 0 Å². The zero-order chi connectivity index (χ0) is 13.7. The third-order valence-electron chi connectivity index (χ3n) is 2.40. The third-order valence-corrected chi connectivity index (χ3v) is 2.64. The monoisotopic (exact) mass is 268 g/mol. The second-order valence-corrected chi connectivity index (χ2v) is 4.86. The summed E-state index contributed by atoms with van der Waals surface area (Å²) in [6, 6.07) is 6.33. The van der Waals surface area contributed by atoms with Gasteiger partial charge in [-0.05, 0) is 24.1 Å². The summed E-state index contributed by atoms with van der Waals surface area (Å²) in [5, 5.41) is 5.91. The Kier molecular flexibility index (Phi) is 5.16. The number of nitrogens with one attached hydrogen (secondary N) is 2. The first-order valence-corrected chi connectivity index (χ1v) is 6.11. The van der Waals surface area contributed by atoms with Crippen LogP contribution in [0.4, 0.5) is 5.69 Å². The lowest BCUT2D eigenvalue weighted by Crippen LogP contribution is -2.46. The van der Waals surface area contributed by atoms with Crippen LogP contribution in [0.15, 0.2) is 24.3 Å². The van der Waals surface area contributed by atoms with Crippen molar-refractivity contribution in [2.24, 2.45) is 5.92 Å². The molecule has 1 rings (SSSR count).